The highest BCUT2D eigenvalue weighted by atomic mass is 32.1. The molecule has 2 N–H and O–H groups in total. The average molecular weight is 441 g/mol. The molecular formula is C21H19N3O6S. The quantitative estimate of drug-likeness (QED) is 0.563. The van der Waals surface area contributed by atoms with Crippen LogP contribution in [0.2, 0.25) is 0 Å². The molecule has 0 radical (unpaired) electrons. The third-order valence-corrected chi connectivity index (χ3v) is 6.08. The number of aromatic nitrogens is 2. The monoisotopic (exact) mass is 441 g/mol. The summed E-state index contributed by atoms with van der Waals surface area (Å²) < 4.78 is 10.2. The first-order valence-electron chi connectivity index (χ1n) is 9.75. The topological polar surface area (TPSA) is 127 Å². The van der Waals surface area contributed by atoms with E-state index in [9.17, 15) is 19.2 Å². The number of hydrogen-bond donors (Lipinski definition) is 2. The molecule has 1 amide bonds. The Kier molecular flexibility index (Phi) is 5.81. The van der Waals surface area contributed by atoms with Gasteiger partial charge in [0.25, 0.3) is 11.5 Å². The van der Waals surface area contributed by atoms with Gasteiger partial charge in [-0.25, -0.2) is 14.7 Å². The summed E-state index contributed by atoms with van der Waals surface area (Å²) >= 11 is 1.34. The highest BCUT2D eigenvalue weighted by Crippen LogP contribution is 2.39. The number of fused-ring (bicyclic) bond motifs is 2. The van der Waals surface area contributed by atoms with Gasteiger partial charge in [-0.15, -0.1) is 11.3 Å². The standard InChI is InChI=1S/C21H19N3O6S/c1-2-29-20(27)16-13-8-5-9-14(13)31-19(16)22-15(25)10-30-21(28)17-11-6-3-4-7-12(11)18(26)24-23-17/h3-4,6-7H,2,5,8-10H2,1H3,(H,22,25)(H,24,26). The first kappa shape index (κ1) is 20.7. The summed E-state index contributed by atoms with van der Waals surface area (Å²) in [7, 11) is 0. The van der Waals surface area contributed by atoms with Crippen LogP contribution in [0.4, 0.5) is 5.00 Å². The number of carbonyl (C=O) groups excluding carboxylic acids is 3. The zero-order valence-corrected chi connectivity index (χ0v) is 17.5. The minimum Gasteiger partial charge on any atom is -0.462 e. The number of ether oxygens (including phenoxy) is 2. The predicted octanol–water partition coefficient (Wildman–Crippen LogP) is 2.45. The van der Waals surface area contributed by atoms with Gasteiger partial charge in [0.05, 0.1) is 17.6 Å². The van der Waals surface area contributed by atoms with Crippen molar-refractivity contribution in [3.63, 3.8) is 0 Å². The fraction of sp³-hybridized carbons (Fsp3) is 0.286. The van der Waals surface area contributed by atoms with Crippen LogP contribution in [0.1, 0.15) is 44.6 Å². The molecule has 0 saturated carbocycles. The summed E-state index contributed by atoms with van der Waals surface area (Å²) in [6.45, 7) is 1.38. The Labute approximate surface area is 180 Å². The number of nitrogens with zero attached hydrogens (tertiary/aromatic N) is 1. The van der Waals surface area contributed by atoms with Crippen LogP contribution >= 0.6 is 11.3 Å². The molecule has 1 aliphatic rings. The van der Waals surface area contributed by atoms with Crippen LogP contribution in [0.3, 0.4) is 0 Å². The van der Waals surface area contributed by atoms with Crippen molar-refractivity contribution in [2.45, 2.75) is 26.2 Å². The van der Waals surface area contributed by atoms with Gasteiger partial charge in [0, 0.05) is 10.3 Å². The van der Waals surface area contributed by atoms with Gasteiger partial charge in [-0.1, -0.05) is 18.2 Å². The van der Waals surface area contributed by atoms with Crippen molar-refractivity contribution in [3.05, 3.63) is 56.3 Å². The summed E-state index contributed by atoms with van der Waals surface area (Å²) in [5.41, 5.74) is 0.777. The Bertz CT molecular complexity index is 1250. The molecule has 0 fully saturated rings. The first-order valence-corrected chi connectivity index (χ1v) is 10.6. The third-order valence-electron chi connectivity index (χ3n) is 4.88. The van der Waals surface area contributed by atoms with E-state index in [-0.39, 0.29) is 12.3 Å². The van der Waals surface area contributed by atoms with E-state index in [2.05, 4.69) is 15.5 Å². The van der Waals surface area contributed by atoms with Crippen LogP contribution in [0, 0.1) is 0 Å². The largest absolute Gasteiger partial charge is 0.462 e. The molecular weight excluding hydrogens is 422 g/mol. The van der Waals surface area contributed by atoms with Crippen LogP contribution in [0.5, 0.6) is 0 Å². The number of H-pyrrole nitrogens is 1. The Morgan fingerprint density at radius 2 is 1.90 bits per heavy atom. The van der Waals surface area contributed by atoms with Crippen molar-refractivity contribution in [2.24, 2.45) is 0 Å². The second kappa shape index (κ2) is 8.68. The maximum absolute atomic E-state index is 12.4. The van der Waals surface area contributed by atoms with E-state index in [0.29, 0.717) is 21.3 Å². The summed E-state index contributed by atoms with van der Waals surface area (Å²) in [5, 5.41) is 9.68. The molecule has 9 nitrogen and oxygen atoms in total. The number of aryl methyl sites for hydroxylation is 1. The summed E-state index contributed by atoms with van der Waals surface area (Å²) in [5.74, 6) is -1.91. The van der Waals surface area contributed by atoms with Crippen LogP contribution in [0.25, 0.3) is 10.8 Å². The van der Waals surface area contributed by atoms with Crippen molar-refractivity contribution in [1.82, 2.24) is 10.2 Å². The van der Waals surface area contributed by atoms with Gasteiger partial charge >= 0.3 is 11.9 Å². The molecule has 1 aromatic carbocycles. The minimum atomic E-state index is -0.845. The highest BCUT2D eigenvalue weighted by Gasteiger charge is 2.28. The van der Waals surface area contributed by atoms with Crippen molar-refractivity contribution in [1.29, 1.82) is 0 Å². The first-order chi connectivity index (χ1) is 15.0. The number of amides is 1. The van der Waals surface area contributed by atoms with Crippen LogP contribution < -0.4 is 10.9 Å². The van der Waals surface area contributed by atoms with Gasteiger partial charge in [-0.3, -0.25) is 9.59 Å². The molecule has 1 aliphatic carbocycles. The Balaban J connectivity index is 1.47. The predicted molar refractivity (Wildman–Crippen MR) is 114 cm³/mol. The van der Waals surface area contributed by atoms with E-state index in [1.54, 1.807) is 31.2 Å². The van der Waals surface area contributed by atoms with Gasteiger partial charge in [-0.05, 0) is 37.8 Å². The second-order valence-corrected chi connectivity index (χ2v) is 7.96. The Morgan fingerprint density at radius 1 is 1.13 bits per heavy atom. The van der Waals surface area contributed by atoms with E-state index in [1.807, 2.05) is 0 Å². The Hall–Kier alpha value is -3.53. The van der Waals surface area contributed by atoms with Gasteiger partial charge in [0.2, 0.25) is 0 Å². The lowest BCUT2D eigenvalue weighted by Gasteiger charge is -2.09. The van der Waals surface area contributed by atoms with Gasteiger partial charge in [0.1, 0.15) is 5.00 Å². The lowest BCUT2D eigenvalue weighted by Crippen LogP contribution is -2.23. The fourth-order valence-corrected chi connectivity index (χ4v) is 4.84. The summed E-state index contributed by atoms with van der Waals surface area (Å²) in [4.78, 5) is 50.1. The lowest BCUT2D eigenvalue weighted by molar-refractivity contribution is -0.119. The van der Waals surface area contributed by atoms with Crippen LogP contribution in [0.15, 0.2) is 29.1 Å². The molecule has 10 heteroatoms. The molecule has 31 heavy (non-hydrogen) atoms. The zero-order valence-electron chi connectivity index (χ0n) is 16.6. The number of anilines is 1. The third kappa shape index (κ3) is 4.06. The number of carbonyl (C=O) groups is 3. The molecule has 2 heterocycles. The molecule has 160 valence electrons. The summed E-state index contributed by atoms with van der Waals surface area (Å²) in [6, 6.07) is 6.47. The normalized spacial score (nSPS) is 12.4. The Morgan fingerprint density at radius 3 is 2.68 bits per heavy atom. The number of esters is 2. The SMILES string of the molecule is CCOC(=O)c1c(NC(=O)COC(=O)c2n[nH]c(=O)c3ccccc23)sc2c1CCC2. The van der Waals surface area contributed by atoms with E-state index < -0.39 is 30.0 Å². The van der Waals surface area contributed by atoms with E-state index >= 15 is 0 Å². The van der Waals surface area contributed by atoms with Gasteiger partial charge in [0.15, 0.2) is 12.3 Å². The molecule has 0 atom stereocenters. The average Bonchev–Trinajstić information content (AvgIpc) is 3.33. The van der Waals surface area contributed by atoms with Crippen LogP contribution in [-0.4, -0.2) is 41.3 Å². The molecule has 0 spiro atoms. The number of rotatable bonds is 6. The van der Waals surface area contributed by atoms with Crippen molar-refractivity contribution >= 4 is 45.0 Å². The molecule has 0 aliphatic heterocycles. The smallest absolute Gasteiger partial charge is 0.359 e. The fourth-order valence-electron chi connectivity index (χ4n) is 3.54. The van der Waals surface area contributed by atoms with Crippen molar-refractivity contribution in [3.8, 4) is 0 Å². The van der Waals surface area contributed by atoms with E-state index in [0.717, 1.165) is 29.7 Å². The number of nitrogens with one attached hydrogen (secondary N) is 2. The van der Waals surface area contributed by atoms with Gasteiger partial charge < -0.3 is 14.8 Å². The zero-order chi connectivity index (χ0) is 22.0. The molecule has 3 aromatic rings. The number of aromatic amines is 1. The molecule has 0 bridgehead atoms. The van der Waals surface area contributed by atoms with Crippen LogP contribution in [-0.2, 0) is 27.1 Å². The molecule has 4 rings (SSSR count). The second-order valence-electron chi connectivity index (χ2n) is 6.85. The van der Waals surface area contributed by atoms with E-state index in [1.165, 1.54) is 11.3 Å². The highest BCUT2D eigenvalue weighted by molar-refractivity contribution is 7.17. The molecule has 2 aromatic heterocycles. The lowest BCUT2D eigenvalue weighted by atomic mass is 10.1. The summed E-state index contributed by atoms with van der Waals surface area (Å²) in [6.07, 6.45) is 2.57. The number of benzene rings is 1. The van der Waals surface area contributed by atoms with Crippen molar-refractivity contribution in [2.75, 3.05) is 18.5 Å². The maximum Gasteiger partial charge on any atom is 0.359 e. The number of thiophene rings is 1. The maximum atomic E-state index is 12.4. The van der Waals surface area contributed by atoms with E-state index in [4.69, 9.17) is 9.47 Å². The molecule has 0 saturated heterocycles. The molecule has 0 unspecified atom stereocenters. The minimum absolute atomic E-state index is 0.0923. The van der Waals surface area contributed by atoms with Crippen molar-refractivity contribution < 1.29 is 23.9 Å². The number of hydrogen-bond acceptors (Lipinski definition) is 8. The van der Waals surface area contributed by atoms with Gasteiger partial charge in [-0.2, -0.15) is 5.10 Å².